The first-order valence-electron chi connectivity index (χ1n) is 11.6. The molecule has 0 radical (unpaired) electrons. The van der Waals surface area contributed by atoms with E-state index in [0.717, 1.165) is 49.2 Å². The highest BCUT2D eigenvalue weighted by molar-refractivity contribution is 6.35. The van der Waals surface area contributed by atoms with Gasteiger partial charge in [0.25, 0.3) is 0 Å². The van der Waals surface area contributed by atoms with Gasteiger partial charge in [-0.15, -0.1) is 0 Å². The number of nitrogens with zero attached hydrogens (tertiary/aromatic N) is 3. The molecule has 1 N–H and O–H groups in total. The van der Waals surface area contributed by atoms with Gasteiger partial charge in [-0.3, -0.25) is 4.90 Å². The van der Waals surface area contributed by atoms with E-state index in [1.807, 2.05) is 36.5 Å². The maximum Gasteiger partial charge on any atom is 0.174 e. The molecule has 36 heavy (non-hydrogen) atoms. The lowest BCUT2D eigenvalue weighted by Gasteiger charge is -2.26. The van der Waals surface area contributed by atoms with Crippen LogP contribution in [0.5, 0.6) is 11.5 Å². The molecule has 7 nitrogen and oxygen atoms in total. The normalized spacial score (nSPS) is 14.1. The van der Waals surface area contributed by atoms with Crippen LogP contribution in [-0.4, -0.2) is 55.4 Å². The number of rotatable bonds is 7. The van der Waals surface area contributed by atoms with Crippen molar-refractivity contribution >= 4 is 34.0 Å². The Labute approximate surface area is 213 Å². The van der Waals surface area contributed by atoms with Gasteiger partial charge in [0.1, 0.15) is 17.4 Å². The third-order valence-corrected chi connectivity index (χ3v) is 6.55. The predicted octanol–water partition coefficient (Wildman–Crippen LogP) is 5.68. The maximum atomic E-state index is 15.1. The summed E-state index contributed by atoms with van der Waals surface area (Å²) in [5, 5.41) is 5.21. The molecule has 1 aliphatic rings. The second-order valence-electron chi connectivity index (χ2n) is 8.48. The second kappa shape index (κ2) is 10.7. The first kappa shape index (κ1) is 24.2. The molecule has 5 rings (SSSR count). The molecule has 1 saturated heterocycles. The molecule has 3 heterocycles. The molecule has 0 bridgehead atoms. The molecule has 0 amide bonds. The number of anilines is 2. The van der Waals surface area contributed by atoms with E-state index in [1.54, 1.807) is 6.20 Å². The number of ether oxygens (including phenoxy) is 3. The number of hydrogen-bond acceptors (Lipinski definition) is 7. The number of pyridine rings is 2. The lowest BCUT2D eigenvalue weighted by atomic mass is 10.0. The molecule has 9 heteroatoms. The Morgan fingerprint density at radius 3 is 2.44 bits per heavy atom. The zero-order chi connectivity index (χ0) is 25.1. The molecule has 4 aromatic rings. The fourth-order valence-corrected chi connectivity index (χ4v) is 4.57. The maximum absolute atomic E-state index is 15.1. The van der Waals surface area contributed by atoms with Crippen molar-refractivity contribution in [2.45, 2.75) is 6.54 Å². The number of nitrogens with one attached hydrogen (secondary N) is 1. The summed E-state index contributed by atoms with van der Waals surface area (Å²) < 4.78 is 31.0. The van der Waals surface area contributed by atoms with Crippen LogP contribution < -0.4 is 14.8 Å². The highest BCUT2D eigenvalue weighted by atomic mass is 35.5. The van der Waals surface area contributed by atoms with E-state index in [2.05, 4.69) is 26.3 Å². The number of hydrogen-bond donors (Lipinski definition) is 1. The van der Waals surface area contributed by atoms with Crippen LogP contribution in [0.2, 0.25) is 5.02 Å². The first-order valence-corrected chi connectivity index (χ1v) is 12.0. The summed E-state index contributed by atoms with van der Waals surface area (Å²) in [5.41, 5.74) is 1.97. The Morgan fingerprint density at radius 2 is 1.72 bits per heavy atom. The summed E-state index contributed by atoms with van der Waals surface area (Å²) in [6.45, 7) is 4.28. The Balaban J connectivity index is 1.36. The highest BCUT2D eigenvalue weighted by Gasteiger charge is 2.20. The summed E-state index contributed by atoms with van der Waals surface area (Å²) in [6, 6.07) is 12.9. The molecule has 0 unspecified atom stereocenters. The summed E-state index contributed by atoms with van der Waals surface area (Å²) >= 11 is 6.45. The first-order chi connectivity index (χ1) is 17.6. The van der Waals surface area contributed by atoms with Gasteiger partial charge in [0.2, 0.25) is 0 Å². The zero-order valence-electron chi connectivity index (χ0n) is 20.1. The number of halogens is 2. The smallest absolute Gasteiger partial charge is 0.174 e. The third-order valence-electron chi connectivity index (χ3n) is 6.17. The topological polar surface area (TPSA) is 68.7 Å². The summed E-state index contributed by atoms with van der Waals surface area (Å²) in [6.07, 6.45) is 3.61. The molecule has 0 spiro atoms. The van der Waals surface area contributed by atoms with Crippen LogP contribution in [0.15, 0.2) is 54.9 Å². The number of morpholine rings is 1. The Kier molecular flexibility index (Phi) is 7.18. The van der Waals surface area contributed by atoms with Gasteiger partial charge in [0, 0.05) is 49.0 Å². The standard InChI is InChI=1S/C27H26ClFN4O3/c1-34-21-13-22(35-2)27(29)25(26(21)28)19-5-4-18-12-24(31-15-20(18)11-19)32-23-6-3-17(14-30-23)16-33-7-9-36-10-8-33/h3-6,11-15H,7-10,16H2,1-2H3,(H,30,31,32). The number of aromatic nitrogens is 2. The van der Waals surface area contributed by atoms with E-state index in [9.17, 15) is 0 Å². The lowest BCUT2D eigenvalue weighted by Crippen LogP contribution is -2.35. The molecular weight excluding hydrogens is 483 g/mol. The van der Waals surface area contributed by atoms with Gasteiger partial charge in [-0.05, 0) is 34.7 Å². The van der Waals surface area contributed by atoms with Crippen molar-refractivity contribution in [1.29, 1.82) is 0 Å². The number of fused-ring (bicyclic) bond motifs is 1. The van der Waals surface area contributed by atoms with Gasteiger partial charge in [-0.1, -0.05) is 29.8 Å². The summed E-state index contributed by atoms with van der Waals surface area (Å²) in [4.78, 5) is 11.4. The molecule has 0 saturated carbocycles. The van der Waals surface area contributed by atoms with Crippen LogP contribution in [-0.2, 0) is 11.3 Å². The van der Waals surface area contributed by atoms with Gasteiger partial charge in [-0.2, -0.15) is 0 Å². The van der Waals surface area contributed by atoms with Crippen LogP contribution >= 0.6 is 11.6 Å². The highest BCUT2D eigenvalue weighted by Crippen LogP contribution is 2.42. The van der Waals surface area contributed by atoms with E-state index in [1.165, 1.54) is 20.3 Å². The molecule has 2 aromatic heterocycles. The predicted molar refractivity (Wildman–Crippen MR) is 139 cm³/mol. The van der Waals surface area contributed by atoms with Crippen LogP contribution in [0, 0.1) is 5.82 Å². The molecule has 0 aliphatic carbocycles. The van der Waals surface area contributed by atoms with E-state index in [0.29, 0.717) is 22.9 Å². The van der Waals surface area contributed by atoms with Gasteiger partial charge in [-0.25, -0.2) is 14.4 Å². The zero-order valence-corrected chi connectivity index (χ0v) is 20.8. The SMILES string of the molecule is COc1cc(OC)c(Cl)c(-c2ccc3cc(Nc4ccc(CN5CCOCC5)cn4)ncc3c2)c1F. The van der Waals surface area contributed by atoms with Crippen LogP contribution in [0.3, 0.4) is 0 Å². The number of benzene rings is 2. The molecule has 1 fully saturated rings. The third kappa shape index (κ3) is 5.06. The summed E-state index contributed by atoms with van der Waals surface area (Å²) in [5.74, 6) is 1.23. The van der Waals surface area contributed by atoms with Crippen molar-refractivity contribution in [3.8, 4) is 22.6 Å². The van der Waals surface area contributed by atoms with Gasteiger partial charge < -0.3 is 19.5 Å². The van der Waals surface area contributed by atoms with Crippen LogP contribution in [0.25, 0.3) is 21.9 Å². The van der Waals surface area contributed by atoms with Crippen LogP contribution in [0.1, 0.15) is 5.56 Å². The molecular formula is C27H26ClFN4O3. The largest absolute Gasteiger partial charge is 0.495 e. The van der Waals surface area contributed by atoms with E-state index in [4.69, 9.17) is 25.8 Å². The quantitative estimate of drug-likeness (QED) is 0.344. The average Bonchev–Trinajstić information content (AvgIpc) is 2.91. The van der Waals surface area contributed by atoms with Gasteiger partial charge >= 0.3 is 0 Å². The molecule has 0 atom stereocenters. The van der Waals surface area contributed by atoms with Crippen molar-refractivity contribution in [1.82, 2.24) is 14.9 Å². The molecule has 1 aliphatic heterocycles. The minimum atomic E-state index is -0.544. The fourth-order valence-electron chi connectivity index (χ4n) is 4.25. The van der Waals surface area contributed by atoms with Crippen molar-refractivity contribution in [2.75, 3.05) is 45.8 Å². The second-order valence-corrected chi connectivity index (χ2v) is 8.86. The molecule has 186 valence electrons. The Hall–Kier alpha value is -3.46. The minimum Gasteiger partial charge on any atom is -0.495 e. The Bertz CT molecular complexity index is 1350. The lowest BCUT2D eigenvalue weighted by molar-refractivity contribution is 0.0341. The molecule has 2 aromatic carbocycles. The van der Waals surface area contributed by atoms with Crippen molar-refractivity contribution in [3.05, 3.63) is 71.3 Å². The van der Waals surface area contributed by atoms with Gasteiger partial charge in [0.05, 0.1) is 32.5 Å². The van der Waals surface area contributed by atoms with E-state index >= 15 is 4.39 Å². The van der Waals surface area contributed by atoms with Crippen LogP contribution in [0.4, 0.5) is 16.0 Å². The van der Waals surface area contributed by atoms with Crippen molar-refractivity contribution in [3.63, 3.8) is 0 Å². The van der Waals surface area contributed by atoms with E-state index in [-0.39, 0.29) is 16.3 Å². The van der Waals surface area contributed by atoms with Gasteiger partial charge in [0.15, 0.2) is 11.6 Å². The fraction of sp³-hybridized carbons (Fsp3) is 0.259. The van der Waals surface area contributed by atoms with Crippen molar-refractivity contribution in [2.24, 2.45) is 0 Å². The Morgan fingerprint density at radius 1 is 0.944 bits per heavy atom. The average molecular weight is 509 g/mol. The van der Waals surface area contributed by atoms with Crippen molar-refractivity contribution < 1.29 is 18.6 Å². The monoisotopic (exact) mass is 508 g/mol. The number of methoxy groups -OCH3 is 2. The van der Waals surface area contributed by atoms with E-state index < -0.39 is 5.82 Å². The minimum absolute atomic E-state index is 0.0625. The summed E-state index contributed by atoms with van der Waals surface area (Å²) in [7, 11) is 2.88.